The van der Waals surface area contributed by atoms with Crippen molar-refractivity contribution in [2.45, 2.75) is 25.9 Å². The minimum atomic E-state index is -4.46. The number of halogens is 3. The second-order valence-corrected chi connectivity index (χ2v) is 3.72. The number of rotatable bonds is 4. The zero-order valence-corrected chi connectivity index (χ0v) is 9.79. The van der Waals surface area contributed by atoms with Gasteiger partial charge in [0.05, 0.1) is 0 Å². The highest BCUT2D eigenvalue weighted by molar-refractivity contribution is 5.90. The first-order valence-corrected chi connectivity index (χ1v) is 5.39. The summed E-state index contributed by atoms with van der Waals surface area (Å²) in [7, 11) is 0. The van der Waals surface area contributed by atoms with Gasteiger partial charge in [-0.3, -0.25) is 4.79 Å². The molecule has 0 spiro atoms. The third-order valence-electron chi connectivity index (χ3n) is 2.21. The molecule has 6 heteroatoms. The Labute approximate surface area is 103 Å². The fourth-order valence-electron chi connectivity index (χ4n) is 1.43. The number of alkyl halides is 3. The summed E-state index contributed by atoms with van der Waals surface area (Å²) in [4.78, 5) is 14.2. The molecule has 0 aliphatic heterocycles. The number of nitrogens with zero attached hydrogens (tertiary/aromatic N) is 1. The number of carbonyl (C=O) groups is 1. The van der Waals surface area contributed by atoms with Crippen molar-refractivity contribution in [1.29, 1.82) is 0 Å². The van der Waals surface area contributed by atoms with Crippen LogP contribution < -0.4 is 5.73 Å². The van der Waals surface area contributed by atoms with E-state index >= 15 is 0 Å². The van der Waals surface area contributed by atoms with Crippen LogP contribution in [-0.4, -0.2) is 10.9 Å². The lowest BCUT2D eigenvalue weighted by Crippen LogP contribution is -2.10. The Morgan fingerprint density at radius 2 is 2.11 bits per heavy atom. The van der Waals surface area contributed by atoms with Crippen LogP contribution in [0.2, 0.25) is 0 Å². The van der Waals surface area contributed by atoms with Crippen LogP contribution in [0.3, 0.4) is 0 Å². The monoisotopic (exact) mass is 258 g/mol. The van der Waals surface area contributed by atoms with Crippen LogP contribution in [0.5, 0.6) is 0 Å². The highest BCUT2D eigenvalue weighted by Gasteiger charge is 2.32. The fraction of sp³-hybridized carbons (Fsp3) is 0.333. The number of carbonyl (C=O) groups excluding carboxylic acids is 1. The average molecular weight is 258 g/mol. The first-order chi connectivity index (χ1) is 8.34. The van der Waals surface area contributed by atoms with Crippen molar-refractivity contribution in [3.63, 3.8) is 0 Å². The molecule has 0 fully saturated rings. The maximum atomic E-state index is 12.5. The predicted octanol–water partition coefficient (Wildman–Crippen LogP) is 2.55. The fourth-order valence-corrected chi connectivity index (χ4v) is 1.43. The van der Waals surface area contributed by atoms with Crippen LogP contribution >= 0.6 is 0 Å². The van der Waals surface area contributed by atoms with E-state index in [9.17, 15) is 18.0 Å². The van der Waals surface area contributed by atoms with Gasteiger partial charge in [0.15, 0.2) is 0 Å². The van der Waals surface area contributed by atoms with E-state index in [4.69, 9.17) is 5.73 Å². The van der Waals surface area contributed by atoms with E-state index in [2.05, 4.69) is 4.98 Å². The lowest BCUT2D eigenvalue weighted by molar-refractivity contribution is -0.141. The van der Waals surface area contributed by atoms with Crippen LogP contribution in [0.1, 0.15) is 30.3 Å². The molecule has 0 bridgehead atoms. The van der Waals surface area contributed by atoms with Crippen molar-refractivity contribution in [1.82, 2.24) is 4.98 Å². The normalized spacial score (nSPS) is 12.0. The minimum Gasteiger partial charge on any atom is -0.366 e. The van der Waals surface area contributed by atoms with E-state index in [0.29, 0.717) is 24.1 Å². The van der Waals surface area contributed by atoms with Crippen molar-refractivity contribution < 1.29 is 18.0 Å². The number of aryl methyl sites for hydroxylation is 1. The lowest BCUT2D eigenvalue weighted by Gasteiger charge is -2.10. The molecule has 0 aliphatic carbocycles. The molecule has 18 heavy (non-hydrogen) atoms. The largest absolute Gasteiger partial charge is 0.433 e. The van der Waals surface area contributed by atoms with Gasteiger partial charge in [-0.05, 0) is 24.1 Å². The Morgan fingerprint density at radius 1 is 1.44 bits per heavy atom. The van der Waals surface area contributed by atoms with E-state index in [1.807, 2.05) is 6.92 Å². The molecule has 1 aromatic heterocycles. The van der Waals surface area contributed by atoms with Gasteiger partial charge in [-0.1, -0.05) is 19.4 Å². The highest BCUT2D eigenvalue weighted by Crippen LogP contribution is 2.28. The standard InChI is InChI=1S/C12H13F3N2O/c1-2-3-9-8(5-7-11(16)18)4-6-10(17-9)12(13,14)15/h4-7H,2-3H2,1H3,(H2,16,18). The van der Waals surface area contributed by atoms with Crippen molar-refractivity contribution in [3.8, 4) is 0 Å². The second-order valence-electron chi connectivity index (χ2n) is 3.72. The number of primary amides is 1. The topological polar surface area (TPSA) is 56.0 Å². The SMILES string of the molecule is CCCc1nc(C(F)(F)F)ccc1C=CC(N)=O. The predicted molar refractivity (Wildman–Crippen MR) is 61.5 cm³/mol. The van der Waals surface area contributed by atoms with Crippen molar-refractivity contribution in [2.75, 3.05) is 0 Å². The van der Waals surface area contributed by atoms with Gasteiger partial charge < -0.3 is 5.73 Å². The molecular weight excluding hydrogens is 245 g/mol. The molecule has 3 nitrogen and oxygen atoms in total. The van der Waals surface area contributed by atoms with Gasteiger partial charge in [0.25, 0.3) is 0 Å². The van der Waals surface area contributed by atoms with Crippen LogP contribution in [0.25, 0.3) is 6.08 Å². The number of hydrogen-bond donors (Lipinski definition) is 1. The van der Waals surface area contributed by atoms with Gasteiger partial charge in [0, 0.05) is 11.8 Å². The number of hydrogen-bond acceptors (Lipinski definition) is 2. The van der Waals surface area contributed by atoms with Gasteiger partial charge in [-0.15, -0.1) is 0 Å². The number of aromatic nitrogens is 1. The first kappa shape index (κ1) is 14.2. The summed E-state index contributed by atoms with van der Waals surface area (Å²) in [5.41, 5.74) is 4.79. The first-order valence-electron chi connectivity index (χ1n) is 5.39. The Balaban J connectivity index is 3.16. The molecule has 98 valence electrons. The number of nitrogens with two attached hydrogens (primary N) is 1. The van der Waals surface area contributed by atoms with Crippen LogP contribution in [0, 0.1) is 0 Å². The van der Waals surface area contributed by atoms with E-state index in [1.165, 1.54) is 12.1 Å². The molecule has 0 unspecified atom stereocenters. The lowest BCUT2D eigenvalue weighted by atomic mass is 10.1. The molecule has 0 aliphatic rings. The zero-order valence-electron chi connectivity index (χ0n) is 9.79. The summed E-state index contributed by atoms with van der Waals surface area (Å²) in [5, 5.41) is 0. The van der Waals surface area contributed by atoms with Gasteiger partial charge in [-0.25, -0.2) is 4.98 Å². The van der Waals surface area contributed by atoms with Crippen LogP contribution in [0.15, 0.2) is 18.2 Å². The van der Waals surface area contributed by atoms with Crippen molar-refractivity contribution in [3.05, 3.63) is 35.2 Å². The summed E-state index contributed by atoms with van der Waals surface area (Å²) < 4.78 is 37.5. The molecule has 0 saturated carbocycles. The molecular formula is C12H13F3N2O. The van der Waals surface area contributed by atoms with Crippen LogP contribution in [-0.2, 0) is 17.4 Å². The molecule has 2 N–H and O–H groups in total. The molecule has 1 amide bonds. The number of pyridine rings is 1. The Bertz CT molecular complexity index is 467. The second kappa shape index (κ2) is 5.66. The van der Waals surface area contributed by atoms with E-state index in [1.54, 1.807) is 0 Å². The average Bonchev–Trinajstić information content (AvgIpc) is 2.26. The maximum Gasteiger partial charge on any atom is 0.433 e. The van der Waals surface area contributed by atoms with E-state index < -0.39 is 17.8 Å². The molecule has 0 saturated heterocycles. The molecule has 1 heterocycles. The smallest absolute Gasteiger partial charge is 0.366 e. The minimum absolute atomic E-state index is 0.310. The van der Waals surface area contributed by atoms with Crippen molar-refractivity contribution >= 4 is 12.0 Å². The van der Waals surface area contributed by atoms with Gasteiger partial charge in [-0.2, -0.15) is 13.2 Å². The maximum absolute atomic E-state index is 12.5. The zero-order chi connectivity index (χ0) is 13.8. The summed E-state index contributed by atoms with van der Waals surface area (Å²) >= 11 is 0. The third-order valence-corrected chi connectivity index (χ3v) is 2.21. The summed E-state index contributed by atoms with van der Waals surface area (Å²) in [6.07, 6.45) is -0.924. The molecule has 0 aromatic carbocycles. The quantitative estimate of drug-likeness (QED) is 0.844. The summed E-state index contributed by atoms with van der Waals surface area (Å²) in [5.74, 6) is -0.655. The van der Waals surface area contributed by atoms with E-state index in [0.717, 1.165) is 12.1 Å². The molecule has 0 radical (unpaired) electrons. The third kappa shape index (κ3) is 3.87. The Kier molecular flexibility index (Phi) is 4.47. The van der Waals surface area contributed by atoms with Gasteiger partial charge in [0.1, 0.15) is 5.69 Å². The molecule has 1 rings (SSSR count). The van der Waals surface area contributed by atoms with Crippen LogP contribution in [0.4, 0.5) is 13.2 Å². The molecule has 1 aromatic rings. The van der Waals surface area contributed by atoms with E-state index in [-0.39, 0.29) is 0 Å². The Morgan fingerprint density at radius 3 is 2.61 bits per heavy atom. The van der Waals surface area contributed by atoms with Crippen molar-refractivity contribution in [2.24, 2.45) is 5.73 Å². The van der Waals surface area contributed by atoms with Gasteiger partial charge >= 0.3 is 6.18 Å². The van der Waals surface area contributed by atoms with Gasteiger partial charge in [0.2, 0.25) is 5.91 Å². The summed E-state index contributed by atoms with van der Waals surface area (Å²) in [6.45, 7) is 1.84. The summed E-state index contributed by atoms with van der Waals surface area (Å²) in [6, 6.07) is 2.18. The molecule has 0 atom stereocenters. The Hall–Kier alpha value is -1.85. The number of amides is 1. The highest BCUT2D eigenvalue weighted by atomic mass is 19.4.